The van der Waals surface area contributed by atoms with Crippen molar-refractivity contribution in [3.05, 3.63) is 47.2 Å². The number of nitrogens with zero attached hydrogens (tertiary/aromatic N) is 3. The first-order valence-electron chi connectivity index (χ1n) is 6.75. The van der Waals surface area contributed by atoms with E-state index in [1.165, 1.54) is 11.8 Å². The molecule has 0 aliphatic heterocycles. The Morgan fingerprint density at radius 2 is 2.32 bits per heavy atom. The summed E-state index contributed by atoms with van der Waals surface area (Å²) in [5.74, 6) is 0.732. The van der Waals surface area contributed by atoms with Crippen LogP contribution in [0.1, 0.15) is 12.7 Å². The molecule has 0 aliphatic rings. The number of carbonyl (C=O) groups is 1. The Balaban J connectivity index is 2.04. The van der Waals surface area contributed by atoms with E-state index in [9.17, 15) is 4.79 Å². The van der Waals surface area contributed by atoms with Crippen molar-refractivity contribution in [3.63, 3.8) is 0 Å². The summed E-state index contributed by atoms with van der Waals surface area (Å²) in [7, 11) is 0. The first-order valence-corrected chi connectivity index (χ1v) is 8.42. The largest absolute Gasteiger partial charge is 0.325 e. The lowest BCUT2D eigenvalue weighted by Crippen LogP contribution is -2.23. The third-order valence-corrected chi connectivity index (χ3v) is 4.53. The van der Waals surface area contributed by atoms with E-state index >= 15 is 0 Å². The zero-order chi connectivity index (χ0) is 16.1. The highest BCUT2D eigenvalue weighted by Crippen LogP contribution is 2.24. The second kappa shape index (κ2) is 7.60. The Labute approximate surface area is 142 Å². The lowest BCUT2D eigenvalue weighted by atomic mass is 10.3. The third-order valence-electron chi connectivity index (χ3n) is 2.96. The summed E-state index contributed by atoms with van der Waals surface area (Å²) in [5.41, 5.74) is 0.760. The molecule has 2 aromatic rings. The highest BCUT2D eigenvalue weighted by molar-refractivity contribution is 9.10. The fourth-order valence-corrected chi connectivity index (χ4v) is 3.11. The van der Waals surface area contributed by atoms with E-state index < -0.39 is 0 Å². The molecule has 116 valence electrons. The van der Waals surface area contributed by atoms with Crippen molar-refractivity contribution in [1.29, 1.82) is 0 Å². The quantitative estimate of drug-likeness (QED) is 0.613. The van der Waals surface area contributed by atoms with Gasteiger partial charge in [-0.05, 0) is 32.0 Å². The van der Waals surface area contributed by atoms with Crippen LogP contribution < -0.4 is 5.32 Å². The van der Waals surface area contributed by atoms with Gasteiger partial charge in [0.2, 0.25) is 5.91 Å². The lowest BCUT2D eigenvalue weighted by Gasteiger charge is -2.12. The maximum absolute atomic E-state index is 12.3. The number of rotatable bonds is 6. The zero-order valence-corrected chi connectivity index (χ0v) is 14.8. The van der Waals surface area contributed by atoms with Crippen LogP contribution in [0.4, 0.5) is 5.69 Å². The summed E-state index contributed by atoms with van der Waals surface area (Å²) in [6.45, 7) is 8.08. The molecule has 1 atom stereocenters. The average Bonchev–Trinajstić information content (AvgIpc) is 2.80. The summed E-state index contributed by atoms with van der Waals surface area (Å²) in [4.78, 5) is 12.3. The van der Waals surface area contributed by atoms with Gasteiger partial charge in [-0.15, -0.1) is 16.8 Å². The number of amides is 1. The van der Waals surface area contributed by atoms with Gasteiger partial charge in [0.05, 0.1) is 5.25 Å². The molecule has 2 rings (SSSR count). The molecule has 1 aromatic heterocycles. The monoisotopic (exact) mass is 380 g/mol. The van der Waals surface area contributed by atoms with Crippen LogP contribution in [0.25, 0.3) is 0 Å². The van der Waals surface area contributed by atoms with Crippen molar-refractivity contribution < 1.29 is 4.79 Å². The van der Waals surface area contributed by atoms with Crippen molar-refractivity contribution in [2.45, 2.75) is 30.8 Å². The van der Waals surface area contributed by atoms with Crippen LogP contribution in [-0.4, -0.2) is 25.9 Å². The first-order chi connectivity index (χ1) is 10.5. The maximum atomic E-state index is 12.3. The number of halogens is 1. The van der Waals surface area contributed by atoms with E-state index in [1.54, 1.807) is 6.08 Å². The number of carbonyl (C=O) groups excluding carboxylic acids is 1. The SMILES string of the molecule is C=CCn1c(C)nnc1S[C@H](C)C(=O)Nc1cccc(Br)c1. The number of allylic oxidation sites excluding steroid dienone is 1. The van der Waals surface area contributed by atoms with Crippen LogP contribution in [0, 0.1) is 6.92 Å². The van der Waals surface area contributed by atoms with Gasteiger partial charge in [0.25, 0.3) is 0 Å². The van der Waals surface area contributed by atoms with Gasteiger partial charge in [-0.25, -0.2) is 0 Å². The number of benzene rings is 1. The lowest BCUT2D eigenvalue weighted by molar-refractivity contribution is -0.115. The van der Waals surface area contributed by atoms with E-state index in [4.69, 9.17) is 0 Å². The minimum absolute atomic E-state index is 0.0751. The van der Waals surface area contributed by atoms with Crippen molar-refractivity contribution in [1.82, 2.24) is 14.8 Å². The summed E-state index contributed by atoms with van der Waals surface area (Å²) < 4.78 is 2.85. The van der Waals surface area contributed by atoms with Crippen LogP contribution in [0.2, 0.25) is 0 Å². The van der Waals surface area contributed by atoms with Crippen molar-refractivity contribution in [2.24, 2.45) is 0 Å². The molecular formula is C15H17BrN4OS. The van der Waals surface area contributed by atoms with Crippen LogP contribution in [0.3, 0.4) is 0 Å². The van der Waals surface area contributed by atoms with Gasteiger partial charge in [0, 0.05) is 16.7 Å². The molecule has 0 radical (unpaired) electrons. The minimum Gasteiger partial charge on any atom is -0.325 e. The molecule has 0 spiro atoms. The molecule has 0 saturated carbocycles. The smallest absolute Gasteiger partial charge is 0.237 e. The predicted molar refractivity (Wildman–Crippen MR) is 93.0 cm³/mol. The number of hydrogen-bond acceptors (Lipinski definition) is 4. The van der Waals surface area contributed by atoms with E-state index in [0.29, 0.717) is 11.7 Å². The number of anilines is 1. The molecule has 0 saturated heterocycles. The number of nitrogens with one attached hydrogen (secondary N) is 1. The number of thioether (sulfide) groups is 1. The summed E-state index contributed by atoms with van der Waals surface area (Å²) in [6, 6.07) is 7.50. The Kier molecular flexibility index (Phi) is 5.79. The fraction of sp³-hybridized carbons (Fsp3) is 0.267. The molecule has 5 nitrogen and oxygen atoms in total. The first kappa shape index (κ1) is 16.8. The molecule has 0 fully saturated rings. The highest BCUT2D eigenvalue weighted by Gasteiger charge is 2.19. The van der Waals surface area contributed by atoms with Crippen LogP contribution in [-0.2, 0) is 11.3 Å². The van der Waals surface area contributed by atoms with Crippen LogP contribution in [0.5, 0.6) is 0 Å². The molecule has 1 N–H and O–H groups in total. The number of aromatic nitrogens is 3. The Hall–Kier alpha value is -1.60. The van der Waals surface area contributed by atoms with Gasteiger partial charge in [-0.2, -0.15) is 0 Å². The van der Waals surface area contributed by atoms with Crippen molar-refractivity contribution >= 4 is 39.3 Å². The highest BCUT2D eigenvalue weighted by atomic mass is 79.9. The topological polar surface area (TPSA) is 59.8 Å². The molecule has 1 heterocycles. The summed E-state index contributed by atoms with van der Waals surface area (Å²) in [5, 5.41) is 11.5. The molecule has 0 unspecified atom stereocenters. The van der Waals surface area contributed by atoms with Gasteiger partial charge in [0.1, 0.15) is 5.82 Å². The Morgan fingerprint density at radius 3 is 3.00 bits per heavy atom. The molecule has 22 heavy (non-hydrogen) atoms. The van der Waals surface area contributed by atoms with Crippen LogP contribution >= 0.6 is 27.7 Å². The Morgan fingerprint density at radius 1 is 1.55 bits per heavy atom. The zero-order valence-electron chi connectivity index (χ0n) is 12.4. The van der Waals surface area contributed by atoms with Gasteiger partial charge in [-0.1, -0.05) is 39.8 Å². The molecule has 1 amide bonds. The predicted octanol–water partition coefficient (Wildman–Crippen LogP) is 3.65. The minimum atomic E-state index is -0.286. The van der Waals surface area contributed by atoms with E-state index in [1.807, 2.05) is 42.7 Å². The maximum Gasteiger partial charge on any atom is 0.237 e. The standard InChI is InChI=1S/C15H17BrN4OS/c1-4-8-20-11(3)18-19-15(20)22-10(2)14(21)17-13-7-5-6-12(16)9-13/h4-7,9-10H,1,8H2,2-3H3,(H,17,21)/t10-/m1/s1. The van der Waals surface area contributed by atoms with Crippen molar-refractivity contribution in [3.8, 4) is 0 Å². The van der Waals surface area contributed by atoms with Gasteiger partial charge < -0.3 is 9.88 Å². The fourth-order valence-electron chi connectivity index (χ4n) is 1.81. The third kappa shape index (κ3) is 4.20. The average molecular weight is 381 g/mol. The number of hydrogen-bond donors (Lipinski definition) is 1. The van der Waals surface area contributed by atoms with Gasteiger partial charge >= 0.3 is 0 Å². The van der Waals surface area contributed by atoms with Gasteiger partial charge in [-0.3, -0.25) is 4.79 Å². The normalized spacial score (nSPS) is 12.0. The second-order valence-electron chi connectivity index (χ2n) is 4.69. The van der Waals surface area contributed by atoms with Crippen LogP contribution in [0.15, 0.2) is 46.5 Å². The number of aryl methyl sites for hydroxylation is 1. The van der Waals surface area contributed by atoms with E-state index in [-0.39, 0.29) is 11.2 Å². The molecule has 7 heteroatoms. The molecule has 0 aliphatic carbocycles. The molecule has 1 aromatic carbocycles. The second-order valence-corrected chi connectivity index (χ2v) is 6.91. The molecule has 0 bridgehead atoms. The summed E-state index contributed by atoms with van der Waals surface area (Å²) >= 11 is 4.77. The van der Waals surface area contributed by atoms with Gasteiger partial charge in [0.15, 0.2) is 5.16 Å². The van der Waals surface area contributed by atoms with E-state index in [0.717, 1.165) is 16.0 Å². The summed E-state index contributed by atoms with van der Waals surface area (Å²) in [6.07, 6.45) is 1.78. The Bertz CT molecular complexity index is 686. The molecular weight excluding hydrogens is 364 g/mol. The van der Waals surface area contributed by atoms with Crippen molar-refractivity contribution in [2.75, 3.05) is 5.32 Å². The van der Waals surface area contributed by atoms with E-state index in [2.05, 4.69) is 38.0 Å².